The summed E-state index contributed by atoms with van der Waals surface area (Å²) in [6.07, 6.45) is 7.71. The third-order valence-corrected chi connectivity index (χ3v) is 10.2. The third-order valence-electron chi connectivity index (χ3n) is 8.86. The van der Waals surface area contributed by atoms with Crippen LogP contribution in [-0.2, 0) is 32.6 Å². The minimum atomic E-state index is -1.24. The molecular weight excluding hydrogens is 645 g/mol. The van der Waals surface area contributed by atoms with Crippen LogP contribution < -0.4 is 15.0 Å². The molecule has 2 heterocycles. The monoisotopic (exact) mass is 696 g/mol. The van der Waals surface area contributed by atoms with Crippen LogP contribution in [0.5, 0.6) is 5.75 Å². The van der Waals surface area contributed by atoms with Gasteiger partial charge in [0.25, 0.3) is 5.91 Å². The highest BCUT2D eigenvalue weighted by atomic mass is 32.2. The van der Waals surface area contributed by atoms with Gasteiger partial charge >= 0.3 is 0 Å². The quantitative estimate of drug-likeness (QED) is 0.111. The van der Waals surface area contributed by atoms with Crippen molar-refractivity contribution in [1.82, 2.24) is 9.55 Å². The van der Waals surface area contributed by atoms with Crippen molar-refractivity contribution in [3.63, 3.8) is 0 Å². The largest absolute Gasteiger partial charge is 0.491 e. The van der Waals surface area contributed by atoms with Crippen molar-refractivity contribution in [2.45, 2.75) is 77.5 Å². The number of nitrogens with one attached hydrogen (secondary N) is 1. The van der Waals surface area contributed by atoms with Gasteiger partial charge in [0, 0.05) is 53.8 Å². The normalized spacial score (nSPS) is 13.5. The first-order chi connectivity index (χ1) is 24.2. The van der Waals surface area contributed by atoms with Crippen LogP contribution in [0.2, 0.25) is 0 Å². The Kier molecular flexibility index (Phi) is 13.5. The van der Waals surface area contributed by atoms with E-state index in [0.29, 0.717) is 41.9 Å². The summed E-state index contributed by atoms with van der Waals surface area (Å²) in [7, 11) is -1.24. The van der Waals surface area contributed by atoms with Crippen molar-refractivity contribution in [2.24, 2.45) is 5.92 Å². The van der Waals surface area contributed by atoms with Gasteiger partial charge in [-0.3, -0.25) is 9.00 Å². The van der Waals surface area contributed by atoms with Crippen LogP contribution in [0.4, 0.5) is 11.4 Å². The maximum atomic E-state index is 13.7. The molecular formula is C41H52N4O4S. The number of amides is 1. The minimum absolute atomic E-state index is 0.126. The topological polar surface area (TPSA) is 85.7 Å². The maximum Gasteiger partial charge on any atom is 0.251 e. The zero-order chi connectivity index (χ0) is 35.5. The van der Waals surface area contributed by atoms with Crippen LogP contribution in [0.1, 0.15) is 70.3 Å². The Bertz CT molecular complexity index is 1760. The van der Waals surface area contributed by atoms with Crippen LogP contribution in [-0.4, -0.2) is 52.6 Å². The summed E-state index contributed by atoms with van der Waals surface area (Å²) in [6, 6.07) is 22.0. The molecule has 3 aromatic carbocycles. The first-order valence-electron chi connectivity index (χ1n) is 18.0. The number of aromatic nitrogens is 2. The lowest BCUT2D eigenvalue weighted by Gasteiger charge is -2.27. The van der Waals surface area contributed by atoms with E-state index in [1.165, 1.54) is 0 Å². The summed E-state index contributed by atoms with van der Waals surface area (Å²) >= 11 is 0. The molecule has 1 N–H and O–H groups in total. The predicted octanol–water partition coefficient (Wildman–Crippen LogP) is 8.66. The Morgan fingerprint density at radius 3 is 2.44 bits per heavy atom. The summed E-state index contributed by atoms with van der Waals surface area (Å²) in [4.78, 5) is 21.3. The fraction of sp³-hybridized carbons (Fsp3) is 0.415. The number of aryl methyl sites for hydroxylation is 1. The standard InChI is InChI=1S/C41H52N4O4S/c1-6-8-22-48-23-24-49-37-14-9-32(10-15-37)33-11-18-40-35(25-33)26-34(19-21-44(40)27-30(3)4)41(46)43-36-12-16-38(17-13-36)50(47)28-39-31(5)45(20-7-2)29-42-39/h9-18,25-26,29-30H,6-8,19-24,27-28H2,1-5H3,(H,43,46). The number of ether oxygens (including phenoxy) is 2. The van der Waals surface area contributed by atoms with Crippen LogP contribution in [0.25, 0.3) is 17.2 Å². The Labute approximate surface area is 300 Å². The highest BCUT2D eigenvalue weighted by molar-refractivity contribution is 7.84. The van der Waals surface area contributed by atoms with Gasteiger partial charge in [0.2, 0.25) is 0 Å². The Balaban J connectivity index is 1.27. The van der Waals surface area contributed by atoms with Crippen molar-refractivity contribution in [3.05, 3.63) is 95.6 Å². The molecule has 0 saturated carbocycles. The molecule has 1 unspecified atom stereocenters. The van der Waals surface area contributed by atoms with E-state index in [2.05, 4.69) is 77.8 Å². The third kappa shape index (κ3) is 9.94. The van der Waals surface area contributed by atoms with Gasteiger partial charge in [-0.2, -0.15) is 0 Å². The second kappa shape index (κ2) is 18.2. The van der Waals surface area contributed by atoms with E-state index in [-0.39, 0.29) is 5.91 Å². The Morgan fingerprint density at radius 2 is 1.72 bits per heavy atom. The van der Waals surface area contributed by atoms with E-state index in [1.807, 2.05) is 55.7 Å². The molecule has 1 aromatic heterocycles. The number of hydrogen-bond acceptors (Lipinski definition) is 6. The van der Waals surface area contributed by atoms with Crippen molar-refractivity contribution in [1.29, 1.82) is 0 Å². The molecule has 0 saturated heterocycles. The highest BCUT2D eigenvalue weighted by Crippen LogP contribution is 2.34. The molecule has 5 rings (SSSR count). The number of nitrogens with zero attached hydrogens (tertiary/aromatic N) is 3. The zero-order valence-electron chi connectivity index (χ0n) is 30.2. The summed E-state index contributed by atoms with van der Waals surface area (Å²) < 4.78 is 26.7. The second-order valence-electron chi connectivity index (χ2n) is 13.3. The Hall–Kier alpha value is -4.21. The van der Waals surface area contributed by atoms with E-state index in [9.17, 15) is 9.00 Å². The van der Waals surface area contributed by atoms with Gasteiger partial charge in [0.15, 0.2) is 0 Å². The highest BCUT2D eigenvalue weighted by Gasteiger charge is 2.21. The van der Waals surface area contributed by atoms with Crippen LogP contribution >= 0.6 is 0 Å². The summed E-state index contributed by atoms with van der Waals surface area (Å²) in [6.45, 7) is 15.2. The minimum Gasteiger partial charge on any atom is -0.491 e. The van der Waals surface area contributed by atoms with Crippen LogP contribution in [0.15, 0.2) is 83.5 Å². The predicted molar refractivity (Wildman–Crippen MR) is 205 cm³/mol. The van der Waals surface area contributed by atoms with Gasteiger partial charge in [-0.25, -0.2) is 4.98 Å². The molecule has 0 spiro atoms. The van der Waals surface area contributed by atoms with Gasteiger partial charge in [-0.15, -0.1) is 0 Å². The summed E-state index contributed by atoms with van der Waals surface area (Å²) in [5.41, 5.74) is 7.64. The van der Waals surface area contributed by atoms with Crippen molar-refractivity contribution in [3.8, 4) is 16.9 Å². The lowest BCUT2D eigenvalue weighted by molar-refractivity contribution is -0.112. The lowest BCUT2D eigenvalue weighted by atomic mass is 10.00. The first kappa shape index (κ1) is 37.1. The number of imidazole rings is 1. The molecule has 1 aliphatic rings. The molecule has 4 aromatic rings. The van der Waals surface area contributed by atoms with E-state index in [4.69, 9.17) is 9.47 Å². The number of benzene rings is 3. The molecule has 1 amide bonds. The Morgan fingerprint density at radius 1 is 0.960 bits per heavy atom. The molecule has 266 valence electrons. The van der Waals surface area contributed by atoms with Gasteiger partial charge in [0.05, 0.1) is 35.2 Å². The lowest BCUT2D eigenvalue weighted by Crippen LogP contribution is -2.29. The number of rotatable bonds is 17. The number of unbranched alkanes of at least 4 members (excludes halogenated alkanes) is 1. The zero-order valence-corrected chi connectivity index (χ0v) is 31.1. The number of fused-ring (bicyclic) bond motifs is 1. The molecule has 1 aliphatic heterocycles. The maximum absolute atomic E-state index is 13.7. The van der Waals surface area contributed by atoms with E-state index < -0.39 is 10.8 Å². The van der Waals surface area contributed by atoms with Crippen LogP contribution in [0, 0.1) is 12.8 Å². The van der Waals surface area contributed by atoms with Gasteiger partial charge in [-0.1, -0.05) is 52.3 Å². The van der Waals surface area contributed by atoms with Crippen molar-refractivity contribution < 1.29 is 18.5 Å². The fourth-order valence-corrected chi connectivity index (χ4v) is 7.23. The van der Waals surface area contributed by atoms with Crippen molar-refractivity contribution in [2.75, 3.05) is 43.1 Å². The smallest absolute Gasteiger partial charge is 0.251 e. The number of carbonyl (C=O) groups excluding carboxylic acids is 1. The van der Waals surface area contributed by atoms with Crippen molar-refractivity contribution >= 4 is 34.2 Å². The molecule has 9 heteroatoms. The van der Waals surface area contributed by atoms with Crippen LogP contribution in [0.3, 0.4) is 0 Å². The molecule has 50 heavy (non-hydrogen) atoms. The van der Waals surface area contributed by atoms with E-state index in [1.54, 1.807) is 0 Å². The molecule has 0 radical (unpaired) electrons. The fourth-order valence-electron chi connectivity index (χ4n) is 6.10. The van der Waals surface area contributed by atoms with Gasteiger partial charge in [0.1, 0.15) is 12.4 Å². The second-order valence-corrected chi connectivity index (χ2v) is 14.8. The average molecular weight is 697 g/mol. The molecule has 0 fully saturated rings. The summed E-state index contributed by atoms with van der Waals surface area (Å²) in [5, 5.41) is 3.09. The van der Waals surface area contributed by atoms with E-state index in [0.717, 1.165) is 90.6 Å². The number of hydrogen-bond donors (Lipinski definition) is 1. The van der Waals surface area contributed by atoms with E-state index >= 15 is 0 Å². The number of carbonyl (C=O) groups is 1. The molecule has 1 atom stereocenters. The first-order valence-corrected chi connectivity index (χ1v) is 19.3. The van der Waals surface area contributed by atoms with Gasteiger partial charge < -0.3 is 24.3 Å². The van der Waals surface area contributed by atoms with Gasteiger partial charge in [-0.05, 0) is 103 Å². The molecule has 8 nitrogen and oxygen atoms in total. The number of anilines is 2. The summed E-state index contributed by atoms with van der Waals surface area (Å²) in [5.74, 6) is 1.53. The average Bonchev–Trinajstić information content (AvgIpc) is 3.34. The SMILES string of the molecule is CCCCOCCOc1ccc(-c2ccc3c(c2)C=C(C(=O)Nc2ccc(S(=O)Cc4ncn(CCC)c4C)cc2)CCN3CC(C)C)cc1. The molecule has 0 aliphatic carbocycles. The molecule has 0 bridgehead atoms.